The molecule has 1 rings (SSSR count). The smallest absolute Gasteiger partial charge is 0.127 e. The zero-order valence-corrected chi connectivity index (χ0v) is 8.98. The summed E-state index contributed by atoms with van der Waals surface area (Å²) in [6.45, 7) is 15.4. The van der Waals surface area contributed by atoms with Gasteiger partial charge in [0.15, 0.2) is 0 Å². The van der Waals surface area contributed by atoms with Crippen LogP contribution in [0.1, 0.15) is 26.5 Å². The molecule has 0 bridgehead atoms. The molecule has 0 spiro atoms. The van der Waals surface area contributed by atoms with Crippen LogP contribution in [-0.4, -0.2) is 0 Å². The summed E-state index contributed by atoms with van der Waals surface area (Å²) in [7, 11) is 0. The second kappa shape index (κ2) is 5.41. The second-order valence-corrected chi connectivity index (χ2v) is 2.73. The molecule has 0 aliphatic rings. The van der Waals surface area contributed by atoms with Crippen molar-refractivity contribution in [3.63, 3.8) is 0 Å². The third kappa shape index (κ3) is 3.79. The van der Waals surface area contributed by atoms with E-state index in [1.807, 2.05) is 39.8 Å². The van der Waals surface area contributed by atoms with E-state index in [4.69, 9.17) is 4.42 Å². The van der Waals surface area contributed by atoms with Gasteiger partial charge in [-0.15, -0.1) is 0 Å². The number of allylic oxidation sites excluding steroid dienone is 1. The maximum atomic E-state index is 5.23. The predicted molar refractivity (Wildman–Crippen MR) is 58.8 cm³/mol. The lowest BCUT2D eigenvalue weighted by Crippen LogP contribution is -2.16. The van der Waals surface area contributed by atoms with Crippen molar-refractivity contribution in [3.05, 3.63) is 34.6 Å². The molecule has 1 aromatic rings. The van der Waals surface area contributed by atoms with Crippen LogP contribution in [0, 0.1) is 6.92 Å². The Kier molecular flexibility index (Phi) is 4.90. The van der Waals surface area contributed by atoms with Gasteiger partial charge < -0.3 is 4.42 Å². The normalized spacial score (nSPS) is 10.6. The quantitative estimate of drug-likeness (QED) is 0.643. The maximum absolute atomic E-state index is 5.23. The van der Waals surface area contributed by atoms with E-state index < -0.39 is 0 Å². The number of aryl methyl sites for hydroxylation is 1. The first-order valence-electron chi connectivity index (χ1n) is 4.52. The van der Waals surface area contributed by atoms with E-state index in [-0.39, 0.29) is 0 Å². The van der Waals surface area contributed by atoms with Gasteiger partial charge in [0, 0.05) is 5.22 Å². The van der Waals surface area contributed by atoms with Gasteiger partial charge >= 0.3 is 0 Å². The second-order valence-electron chi connectivity index (χ2n) is 2.73. The average molecular weight is 178 g/mol. The van der Waals surface area contributed by atoms with Gasteiger partial charge in [0.1, 0.15) is 11.2 Å². The van der Waals surface area contributed by atoms with E-state index >= 15 is 0 Å². The fourth-order valence-electron chi connectivity index (χ4n) is 0.970. The van der Waals surface area contributed by atoms with Crippen LogP contribution in [-0.2, 0) is 0 Å². The van der Waals surface area contributed by atoms with Crippen LogP contribution in [0.25, 0.3) is 12.7 Å². The van der Waals surface area contributed by atoms with Crippen molar-refractivity contribution in [1.29, 1.82) is 0 Å². The molecule has 0 aliphatic heterocycles. The van der Waals surface area contributed by atoms with Crippen LogP contribution in [0.5, 0.6) is 0 Å². The third-order valence-corrected chi connectivity index (χ3v) is 1.37. The molecule has 1 aromatic heterocycles. The molecule has 0 amide bonds. The van der Waals surface area contributed by atoms with Gasteiger partial charge in [0.05, 0.1) is 0 Å². The van der Waals surface area contributed by atoms with Crippen molar-refractivity contribution < 1.29 is 4.42 Å². The average Bonchev–Trinajstić information content (AvgIpc) is 2.33. The lowest BCUT2D eigenvalue weighted by Gasteiger charge is -1.79. The Morgan fingerprint density at radius 3 is 2.31 bits per heavy atom. The van der Waals surface area contributed by atoms with Crippen LogP contribution >= 0.6 is 0 Å². The van der Waals surface area contributed by atoms with E-state index in [0.717, 1.165) is 16.6 Å². The molecular weight excluding hydrogens is 160 g/mol. The summed E-state index contributed by atoms with van der Waals surface area (Å²) in [5.41, 5.74) is 1.72. The zero-order chi connectivity index (χ0) is 10.4. The molecule has 0 radical (unpaired) electrons. The Morgan fingerprint density at radius 2 is 2.00 bits per heavy atom. The molecular formula is C12H18O. The van der Waals surface area contributed by atoms with Crippen LogP contribution < -0.4 is 10.6 Å². The lowest BCUT2D eigenvalue weighted by atomic mass is 10.3. The van der Waals surface area contributed by atoms with Crippen molar-refractivity contribution >= 4 is 12.7 Å². The zero-order valence-electron chi connectivity index (χ0n) is 8.98. The minimum Gasteiger partial charge on any atom is -0.462 e. The molecule has 0 saturated heterocycles. The molecule has 0 fully saturated rings. The molecule has 0 aliphatic carbocycles. The first kappa shape index (κ1) is 11.8. The highest BCUT2D eigenvalue weighted by Crippen LogP contribution is 1.89. The molecule has 0 N–H and O–H groups in total. The summed E-state index contributed by atoms with van der Waals surface area (Å²) < 4.78 is 5.23. The SMILES string of the molecule is C=C(C)/C=c1/cc(C)oc1=C.CC. The number of hydrogen-bond acceptors (Lipinski definition) is 1. The molecule has 0 saturated carbocycles. The Balaban J connectivity index is 0.000000671. The molecule has 1 heterocycles. The number of rotatable bonds is 1. The molecule has 13 heavy (non-hydrogen) atoms. The number of hydrogen-bond donors (Lipinski definition) is 0. The van der Waals surface area contributed by atoms with Gasteiger partial charge in [0.2, 0.25) is 0 Å². The van der Waals surface area contributed by atoms with E-state index in [2.05, 4.69) is 13.2 Å². The highest BCUT2D eigenvalue weighted by molar-refractivity contribution is 5.43. The van der Waals surface area contributed by atoms with Gasteiger partial charge in [-0.25, -0.2) is 0 Å². The van der Waals surface area contributed by atoms with Crippen molar-refractivity contribution in [2.24, 2.45) is 0 Å². The van der Waals surface area contributed by atoms with Crippen molar-refractivity contribution in [2.45, 2.75) is 27.7 Å². The minimum absolute atomic E-state index is 0.713. The molecule has 0 aromatic carbocycles. The summed E-state index contributed by atoms with van der Waals surface area (Å²) >= 11 is 0. The van der Waals surface area contributed by atoms with Gasteiger partial charge in [0.25, 0.3) is 0 Å². The molecule has 1 nitrogen and oxygen atoms in total. The van der Waals surface area contributed by atoms with Gasteiger partial charge in [-0.05, 0) is 26.0 Å². The van der Waals surface area contributed by atoms with Crippen LogP contribution in [0.15, 0.2) is 22.6 Å². The summed E-state index contributed by atoms with van der Waals surface area (Å²) in [4.78, 5) is 0. The molecule has 0 unspecified atom stereocenters. The van der Waals surface area contributed by atoms with Crippen LogP contribution in [0.4, 0.5) is 0 Å². The predicted octanol–water partition coefficient (Wildman–Crippen LogP) is 2.38. The summed E-state index contributed by atoms with van der Waals surface area (Å²) in [6.07, 6.45) is 1.96. The van der Waals surface area contributed by atoms with Crippen LogP contribution in [0.2, 0.25) is 0 Å². The van der Waals surface area contributed by atoms with E-state index in [1.165, 1.54) is 0 Å². The van der Waals surface area contributed by atoms with Gasteiger partial charge in [-0.1, -0.05) is 32.6 Å². The first-order valence-corrected chi connectivity index (χ1v) is 4.52. The fraction of sp³-hybridized carbons (Fsp3) is 0.333. The molecule has 72 valence electrons. The monoisotopic (exact) mass is 178 g/mol. The van der Waals surface area contributed by atoms with E-state index in [1.54, 1.807) is 0 Å². The van der Waals surface area contributed by atoms with Crippen LogP contribution in [0.3, 0.4) is 0 Å². The third-order valence-electron chi connectivity index (χ3n) is 1.37. The molecule has 0 atom stereocenters. The van der Waals surface area contributed by atoms with Gasteiger partial charge in [-0.2, -0.15) is 0 Å². The van der Waals surface area contributed by atoms with Crippen molar-refractivity contribution in [1.82, 2.24) is 0 Å². The largest absolute Gasteiger partial charge is 0.462 e. The van der Waals surface area contributed by atoms with Gasteiger partial charge in [-0.3, -0.25) is 0 Å². The van der Waals surface area contributed by atoms with Crippen molar-refractivity contribution in [2.75, 3.05) is 0 Å². The summed E-state index contributed by atoms with van der Waals surface area (Å²) in [5.74, 6) is 0.891. The highest BCUT2D eigenvalue weighted by atomic mass is 16.3. The summed E-state index contributed by atoms with van der Waals surface area (Å²) in [6, 6.07) is 1.96. The highest BCUT2D eigenvalue weighted by Gasteiger charge is 1.90. The van der Waals surface area contributed by atoms with E-state index in [0.29, 0.717) is 5.42 Å². The Hall–Kier alpha value is -1.24. The fourth-order valence-corrected chi connectivity index (χ4v) is 0.970. The minimum atomic E-state index is 0.713. The standard InChI is InChI=1S/C10H12O.C2H6/c1-7(2)5-10-6-8(3)11-9(10)4;1-2/h5-6H,1,4H2,2-3H3;1-2H3/b10-5-;. The van der Waals surface area contributed by atoms with Crippen molar-refractivity contribution in [3.8, 4) is 0 Å². The van der Waals surface area contributed by atoms with E-state index in [9.17, 15) is 0 Å². The Bertz CT molecular complexity index is 368. The topological polar surface area (TPSA) is 13.1 Å². The number of furan rings is 1. The first-order chi connectivity index (χ1) is 6.09. The summed E-state index contributed by atoms with van der Waals surface area (Å²) in [5, 5.41) is 1.02. The Morgan fingerprint density at radius 1 is 1.46 bits per heavy atom. The lowest BCUT2D eigenvalue weighted by molar-refractivity contribution is 0.503. The Labute approximate surface area is 80.1 Å². The maximum Gasteiger partial charge on any atom is 0.127 e. The molecule has 1 heteroatoms.